The summed E-state index contributed by atoms with van der Waals surface area (Å²) in [5.74, 6) is -3.06. The third-order valence-electron chi connectivity index (χ3n) is 6.28. The van der Waals surface area contributed by atoms with Gasteiger partial charge in [-0.1, -0.05) is 13.0 Å². The zero-order valence-corrected chi connectivity index (χ0v) is 18.1. The Labute approximate surface area is 175 Å². The lowest BCUT2D eigenvalue weighted by Gasteiger charge is -2.35. The molecule has 9 heteroatoms. The molecule has 0 aromatic heterocycles. The van der Waals surface area contributed by atoms with Crippen LogP contribution in [0.15, 0.2) is 11.6 Å². The number of Topliss-reactive ketones (excluding diaryl/α,β-unsaturated/α-hetero) is 1. The molecule has 3 heterocycles. The number of carbonyl (C=O) groups is 4. The minimum absolute atomic E-state index is 0.0788. The summed E-state index contributed by atoms with van der Waals surface area (Å²) in [6.07, 6.45) is 0.648. The molecule has 0 radical (unpaired) electrons. The third-order valence-corrected chi connectivity index (χ3v) is 6.28. The molecule has 5 atom stereocenters. The zero-order valence-electron chi connectivity index (χ0n) is 18.1. The SMILES string of the molecule is CC(=O)O[C@]1(C)C(=O)OC/C2=C/CN(C)CC[C@@H](OC(=O)[C@@]3(C[C@H]1C)O[C@@H]3C)C2=O. The summed E-state index contributed by atoms with van der Waals surface area (Å²) in [6.45, 7) is 6.82. The van der Waals surface area contributed by atoms with Crippen molar-refractivity contribution in [1.29, 1.82) is 0 Å². The van der Waals surface area contributed by atoms with Gasteiger partial charge in [-0.05, 0) is 27.3 Å². The lowest BCUT2D eigenvalue weighted by molar-refractivity contribution is -0.187. The standard InChI is InChI=1S/C21H29NO8/c1-12-10-21(13(2)29-21)19(26)28-16-7-9-22(5)8-6-15(17(16)24)11-27-18(25)20(12,4)30-14(3)23/h6,12-13,16H,7-11H2,1-5H3/b15-6-/t12-,13-,16-,20+,21+/m1/s1. The molecular weight excluding hydrogens is 394 g/mol. The Hall–Kier alpha value is -2.26. The van der Waals surface area contributed by atoms with Gasteiger partial charge in [-0.25, -0.2) is 9.59 Å². The number of epoxide rings is 1. The van der Waals surface area contributed by atoms with Gasteiger partial charge in [-0.15, -0.1) is 0 Å². The van der Waals surface area contributed by atoms with Crippen LogP contribution in [-0.2, 0) is 38.1 Å². The maximum absolute atomic E-state index is 13.1. The van der Waals surface area contributed by atoms with Crippen LogP contribution in [0.3, 0.4) is 0 Å². The number of esters is 3. The molecule has 0 amide bonds. The number of rotatable bonds is 1. The van der Waals surface area contributed by atoms with Crippen molar-refractivity contribution in [2.75, 3.05) is 26.7 Å². The van der Waals surface area contributed by atoms with Crippen LogP contribution in [0.2, 0.25) is 0 Å². The van der Waals surface area contributed by atoms with E-state index < -0.39 is 53.0 Å². The van der Waals surface area contributed by atoms with Gasteiger partial charge in [0.2, 0.25) is 11.4 Å². The van der Waals surface area contributed by atoms with E-state index in [9.17, 15) is 19.2 Å². The summed E-state index contributed by atoms with van der Waals surface area (Å²) in [4.78, 5) is 52.7. The van der Waals surface area contributed by atoms with Crippen LogP contribution in [0.25, 0.3) is 0 Å². The van der Waals surface area contributed by atoms with E-state index in [1.165, 1.54) is 13.8 Å². The molecule has 3 rings (SSSR count). The van der Waals surface area contributed by atoms with E-state index in [0.29, 0.717) is 19.5 Å². The lowest BCUT2D eigenvalue weighted by Crippen LogP contribution is -2.50. The minimum atomic E-state index is -1.65. The normalized spacial score (nSPS) is 40.0. The monoisotopic (exact) mass is 423 g/mol. The van der Waals surface area contributed by atoms with Crippen LogP contribution in [0.5, 0.6) is 0 Å². The Balaban J connectivity index is 2.01. The highest BCUT2D eigenvalue weighted by atomic mass is 16.7. The van der Waals surface area contributed by atoms with Gasteiger partial charge in [0.05, 0.1) is 6.10 Å². The van der Waals surface area contributed by atoms with Crippen LogP contribution in [-0.4, -0.2) is 78.7 Å². The second-order valence-corrected chi connectivity index (χ2v) is 8.57. The Morgan fingerprint density at radius 1 is 1.23 bits per heavy atom. The molecule has 3 aliphatic rings. The molecule has 3 aliphatic heterocycles. The van der Waals surface area contributed by atoms with E-state index in [2.05, 4.69) is 0 Å². The number of ether oxygens (including phenoxy) is 4. The van der Waals surface area contributed by atoms with Crippen molar-refractivity contribution in [2.24, 2.45) is 5.92 Å². The molecule has 30 heavy (non-hydrogen) atoms. The Morgan fingerprint density at radius 3 is 2.50 bits per heavy atom. The lowest BCUT2D eigenvalue weighted by atomic mass is 9.81. The summed E-state index contributed by atoms with van der Waals surface area (Å²) in [5.41, 5.74) is -2.70. The molecule has 2 bridgehead atoms. The van der Waals surface area contributed by atoms with Gasteiger partial charge in [0.1, 0.15) is 6.61 Å². The van der Waals surface area contributed by atoms with E-state index >= 15 is 0 Å². The van der Waals surface area contributed by atoms with E-state index in [4.69, 9.17) is 18.9 Å². The molecule has 166 valence electrons. The molecule has 9 nitrogen and oxygen atoms in total. The first-order valence-corrected chi connectivity index (χ1v) is 10.2. The number of nitrogens with zero attached hydrogens (tertiary/aromatic N) is 1. The zero-order chi connectivity index (χ0) is 22.3. The van der Waals surface area contributed by atoms with Gasteiger partial charge < -0.3 is 23.8 Å². The Morgan fingerprint density at radius 2 is 1.90 bits per heavy atom. The number of fused-ring (bicyclic) bond motifs is 2. The van der Waals surface area contributed by atoms with E-state index in [0.717, 1.165) is 0 Å². The van der Waals surface area contributed by atoms with E-state index in [-0.39, 0.29) is 18.6 Å². The number of carbonyl (C=O) groups excluding carboxylic acids is 4. The fraction of sp³-hybridized carbons (Fsp3) is 0.714. The quantitative estimate of drug-likeness (QED) is 0.343. The second kappa shape index (κ2) is 8.11. The van der Waals surface area contributed by atoms with Crippen molar-refractivity contribution < 1.29 is 38.1 Å². The summed E-state index contributed by atoms with van der Waals surface area (Å²) >= 11 is 0. The van der Waals surface area contributed by atoms with Crippen LogP contribution < -0.4 is 0 Å². The number of hydrogen-bond donors (Lipinski definition) is 0. The molecule has 0 aromatic rings. The van der Waals surface area contributed by atoms with Crippen molar-refractivity contribution >= 4 is 23.7 Å². The molecule has 2 fully saturated rings. The van der Waals surface area contributed by atoms with Crippen LogP contribution in [0.1, 0.15) is 40.5 Å². The van der Waals surface area contributed by atoms with Crippen molar-refractivity contribution in [3.63, 3.8) is 0 Å². The smallest absolute Gasteiger partial charge is 0.350 e. The molecular formula is C21H29NO8. The van der Waals surface area contributed by atoms with Crippen LogP contribution in [0, 0.1) is 5.92 Å². The largest absolute Gasteiger partial charge is 0.458 e. The predicted octanol–water partition coefficient (Wildman–Crippen LogP) is 0.792. The fourth-order valence-electron chi connectivity index (χ4n) is 3.98. The van der Waals surface area contributed by atoms with Crippen LogP contribution in [0.4, 0.5) is 0 Å². The highest BCUT2D eigenvalue weighted by Gasteiger charge is 2.64. The Kier molecular flexibility index (Phi) is 6.06. The predicted molar refractivity (Wildman–Crippen MR) is 103 cm³/mol. The molecule has 2 saturated heterocycles. The van der Waals surface area contributed by atoms with Gasteiger partial charge in [-0.2, -0.15) is 0 Å². The van der Waals surface area contributed by atoms with Crippen molar-refractivity contribution in [3.8, 4) is 0 Å². The molecule has 0 aromatic carbocycles. The van der Waals surface area contributed by atoms with Gasteiger partial charge >= 0.3 is 17.9 Å². The number of ketones is 1. The van der Waals surface area contributed by atoms with Gasteiger partial charge in [0.15, 0.2) is 11.7 Å². The number of cyclic esters (lactones) is 1. The van der Waals surface area contributed by atoms with Crippen molar-refractivity contribution in [2.45, 2.75) is 63.9 Å². The van der Waals surface area contributed by atoms with E-state index in [1.54, 1.807) is 19.9 Å². The summed E-state index contributed by atoms with van der Waals surface area (Å²) < 4.78 is 22.0. The van der Waals surface area contributed by atoms with Gasteiger partial charge in [0.25, 0.3) is 0 Å². The maximum Gasteiger partial charge on any atom is 0.350 e. The molecule has 0 unspecified atom stereocenters. The molecule has 0 saturated carbocycles. The topological polar surface area (TPSA) is 112 Å². The van der Waals surface area contributed by atoms with Crippen LogP contribution >= 0.6 is 0 Å². The molecule has 1 spiro atoms. The number of likely N-dealkylation sites (N-methyl/N-ethyl adjacent to an activating group) is 1. The number of hydrogen-bond acceptors (Lipinski definition) is 9. The maximum atomic E-state index is 13.1. The third kappa shape index (κ3) is 4.13. The van der Waals surface area contributed by atoms with E-state index in [1.807, 2.05) is 11.9 Å². The second-order valence-electron chi connectivity index (χ2n) is 8.57. The van der Waals surface area contributed by atoms with Crippen molar-refractivity contribution in [1.82, 2.24) is 4.90 Å². The van der Waals surface area contributed by atoms with Gasteiger partial charge in [-0.3, -0.25) is 9.59 Å². The van der Waals surface area contributed by atoms with Gasteiger partial charge in [0, 0.05) is 37.9 Å². The average Bonchev–Trinajstić information content (AvgIpc) is 3.32. The highest BCUT2D eigenvalue weighted by Crippen LogP contribution is 2.46. The van der Waals surface area contributed by atoms with Crippen molar-refractivity contribution in [3.05, 3.63) is 11.6 Å². The Bertz CT molecular complexity index is 792. The minimum Gasteiger partial charge on any atom is -0.458 e. The highest BCUT2D eigenvalue weighted by molar-refractivity contribution is 6.01. The molecule has 0 N–H and O–H groups in total. The summed E-state index contributed by atoms with van der Waals surface area (Å²) in [6, 6.07) is 0. The average molecular weight is 423 g/mol. The first-order valence-electron chi connectivity index (χ1n) is 10.2. The fourth-order valence-corrected chi connectivity index (χ4v) is 3.98. The first-order chi connectivity index (χ1) is 14.0. The summed E-state index contributed by atoms with van der Waals surface area (Å²) in [5, 5.41) is 0. The molecule has 0 aliphatic carbocycles. The first kappa shape index (κ1) is 22.4. The summed E-state index contributed by atoms with van der Waals surface area (Å²) in [7, 11) is 1.88.